The smallest absolute Gasteiger partial charge is 0.0169 e. The molecule has 0 amide bonds. The number of hydrogen-bond acceptors (Lipinski definition) is 2. The lowest BCUT2D eigenvalue weighted by atomic mass is 9.79. The maximum absolute atomic E-state index is 6.01. The van der Waals surface area contributed by atoms with Gasteiger partial charge in [-0.1, -0.05) is 31.7 Å². The number of hydrogen-bond donors (Lipinski definition) is 1. The Morgan fingerprint density at radius 1 is 1.21 bits per heavy atom. The van der Waals surface area contributed by atoms with Gasteiger partial charge in [0.25, 0.3) is 0 Å². The van der Waals surface area contributed by atoms with Crippen LogP contribution in [-0.2, 0) is 5.41 Å². The predicted octanol–water partition coefficient (Wildman–Crippen LogP) is 3.30. The summed E-state index contributed by atoms with van der Waals surface area (Å²) < 4.78 is 0. The van der Waals surface area contributed by atoms with Crippen LogP contribution in [0.25, 0.3) is 0 Å². The molecule has 2 rings (SSSR count). The van der Waals surface area contributed by atoms with Crippen LogP contribution in [0.5, 0.6) is 0 Å². The lowest BCUT2D eigenvalue weighted by Crippen LogP contribution is -2.33. The van der Waals surface area contributed by atoms with E-state index in [0.717, 1.165) is 6.54 Å². The largest absolute Gasteiger partial charge is 0.330 e. The zero-order chi connectivity index (χ0) is 9.86. The summed E-state index contributed by atoms with van der Waals surface area (Å²) in [7, 11) is 0. The van der Waals surface area contributed by atoms with E-state index in [0.29, 0.717) is 5.41 Å². The van der Waals surface area contributed by atoms with Crippen LogP contribution >= 0.6 is 11.3 Å². The SMILES string of the molecule is NCC1(c2cccs2)CCCCCC1. The summed E-state index contributed by atoms with van der Waals surface area (Å²) in [6.07, 6.45) is 8.10. The van der Waals surface area contributed by atoms with Gasteiger partial charge in [-0.15, -0.1) is 11.3 Å². The Labute approximate surface area is 90.3 Å². The van der Waals surface area contributed by atoms with Crippen LogP contribution in [0.15, 0.2) is 17.5 Å². The molecule has 2 heteroatoms. The zero-order valence-electron chi connectivity index (χ0n) is 8.67. The minimum atomic E-state index is 0.324. The van der Waals surface area contributed by atoms with E-state index in [1.807, 2.05) is 11.3 Å². The van der Waals surface area contributed by atoms with Crippen molar-refractivity contribution in [2.75, 3.05) is 6.54 Å². The van der Waals surface area contributed by atoms with Gasteiger partial charge in [-0.3, -0.25) is 0 Å². The third-order valence-corrected chi connectivity index (χ3v) is 4.61. The van der Waals surface area contributed by atoms with Crippen LogP contribution in [-0.4, -0.2) is 6.54 Å². The monoisotopic (exact) mass is 209 g/mol. The summed E-state index contributed by atoms with van der Waals surface area (Å²) in [5, 5.41) is 2.18. The molecule has 0 unspecified atom stereocenters. The van der Waals surface area contributed by atoms with Crippen LogP contribution in [0.3, 0.4) is 0 Å². The van der Waals surface area contributed by atoms with Crippen molar-refractivity contribution in [2.45, 2.75) is 43.9 Å². The van der Waals surface area contributed by atoms with Gasteiger partial charge in [0, 0.05) is 16.8 Å². The average Bonchev–Trinajstić information content (AvgIpc) is 2.64. The Balaban J connectivity index is 2.23. The molecule has 0 aliphatic heterocycles. The van der Waals surface area contributed by atoms with Gasteiger partial charge in [-0.05, 0) is 24.3 Å². The molecule has 1 aliphatic rings. The summed E-state index contributed by atoms with van der Waals surface area (Å²) >= 11 is 1.88. The van der Waals surface area contributed by atoms with Crippen LogP contribution in [0, 0.1) is 0 Å². The molecule has 1 aromatic heterocycles. The van der Waals surface area contributed by atoms with Crippen LogP contribution in [0.1, 0.15) is 43.4 Å². The molecular formula is C12H19NS. The molecule has 0 radical (unpaired) electrons. The highest BCUT2D eigenvalue weighted by Gasteiger charge is 2.31. The van der Waals surface area contributed by atoms with Crippen LogP contribution < -0.4 is 5.73 Å². The Morgan fingerprint density at radius 2 is 1.93 bits per heavy atom. The first-order valence-electron chi connectivity index (χ1n) is 5.61. The fraction of sp³-hybridized carbons (Fsp3) is 0.667. The molecule has 0 spiro atoms. The molecule has 0 bridgehead atoms. The Hall–Kier alpha value is -0.340. The van der Waals surface area contributed by atoms with Crippen molar-refractivity contribution in [3.8, 4) is 0 Å². The minimum absolute atomic E-state index is 0.324. The standard InChI is InChI=1S/C12H19NS/c13-10-12(11-6-5-9-14-11)7-3-1-2-4-8-12/h5-6,9H,1-4,7-8,10,13H2. The molecule has 2 N–H and O–H groups in total. The normalized spacial score (nSPS) is 21.8. The molecule has 14 heavy (non-hydrogen) atoms. The van der Waals surface area contributed by atoms with E-state index in [1.165, 1.54) is 43.4 Å². The minimum Gasteiger partial charge on any atom is -0.330 e. The number of rotatable bonds is 2. The number of nitrogens with two attached hydrogens (primary N) is 1. The molecule has 1 heterocycles. The van der Waals surface area contributed by atoms with Gasteiger partial charge >= 0.3 is 0 Å². The molecule has 78 valence electrons. The molecule has 0 aromatic carbocycles. The highest BCUT2D eigenvalue weighted by Crippen LogP contribution is 2.39. The Kier molecular flexibility index (Phi) is 3.24. The summed E-state index contributed by atoms with van der Waals surface area (Å²) in [5.41, 5.74) is 6.33. The molecule has 0 atom stereocenters. The van der Waals surface area contributed by atoms with Crippen molar-refractivity contribution >= 4 is 11.3 Å². The summed E-state index contributed by atoms with van der Waals surface area (Å²) in [5.74, 6) is 0. The highest BCUT2D eigenvalue weighted by atomic mass is 32.1. The van der Waals surface area contributed by atoms with Crippen molar-refractivity contribution in [3.63, 3.8) is 0 Å². The first kappa shape index (κ1) is 10.2. The van der Waals surface area contributed by atoms with Gasteiger partial charge < -0.3 is 5.73 Å². The van der Waals surface area contributed by atoms with Crippen molar-refractivity contribution in [1.29, 1.82) is 0 Å². The summed E-state index contributed by atoms with van der Waals surface area (Å²) in [4.78, 5) is 1.52. The van der Waals surface area contributed by atoms with Gasteiger partial charge in [0.05, 0.1) is 0 Å². The topological polar surface area (TPSA) is 26.0 Å². The molecule has 1 aliphatic carbocycles. The molecule has 1 nitrogen and oxygen atoms in total. The van der Waals surface area contributed by atoms with Crippen molar-refractivity contribution in [3.05, 3.63) is 22.4 Å². The molecule has 1 aromatic rings. The maximum atomic E-state index is 6.01. The van der Waals surface area contributed by atoms with Gasteiger partial charge in [-0.25, -0.2) is 0 Å². The molecule has 0 saturated heterocycles. The van der Waals surface area contributed by atoms with E-state index in [4.69, 9.17) is 5.73 Å². The van der Waals surface area contributed by atoms with Gasteiger partial charge in [0.15, 0.2) is 0 Å². The molecule has 1 fully saturated rings. The fourth-order valence-corrected chi connectivity index (χ4v) is 3.54. The van der Waals surface area contributed by atoms with E-state index in [9.17, 15) is 0 Å². The second kappa shape index (κ2) is 4.45. The predicted molar refractivity (Wildman–Crippen MR) is 62.8 cm³/mol. The van der Waals surface area contributed by atoms with Gasteiger partial charge in [-0.2, -0.15) is 0 Å². The fourth-order valence-electron chi connectivity index (χ4n) is 2.54. The third kappa shape index (κ3) is 1.86. The second-order valence-corrected chi connectivity index (χ2v) is 5.32. The first-order valence-corrected chi connectivity index (χ1v) is 6.49. The second-order valence-electron chi connectivity index (χ2n) is 4.38. The first-order chi connectivity index (χ1) is 6.87. The van der Waals surface area contributed by atoms with Crippen molar-refractivity contribution in [1.82, 2.24) is 0 Å². The summed E-state index contributed by atoms with van der Waals surface area (Å²) in [6, 6.07) is 4.42. The van der Waals surface area contributed by atoms with Crippen LogP contribution in [0.4, 0.5) is 0 Å². The number of thiophene rings is 1. The van der Waals surface area contributed by atoms with E-state index >= 15 is 0 Å². The Bertz CT molecular complexity index is 258. The van der Waals surface area contributed by atoms with Crippen molar-refractivity contribution < 1.29 is 0 Å². The van der Waals surface area contributed by atoms with E-state index < -0.39 is 0 Å². The van der Waals surface area contributed by atoms with Crippen molar-refractivity contribution in [2.24, 2.45) is 5.73 Å². The van der Waals surface area contributed by atoms with E-state index in [1.54, 1.807) is 0 Å². The van der Waals surface area contributed by atoms with Gasteiger partial charge in [0.2, 0.25) is 0 Å². The molecule has 1 saturated carbocycles. The maximum Gasteiger partial charge on any atom is 0.0169 e. The molecular weight excluding hydrogens is 190 g/mol. The lowest BCUT2D eigenvalue weighted by molar-refractivity contribution is 0.388. The lowest BCUT2D eigenvalue weighted by Gasteiger charge is -2.30. The zero-order valence-corrected chi connectivity index (χ0v) is 9.48. The third-order valence-electron chi connectivity index (χ3n) is 3.50. The highest BCUT2D eigenvalue weighted by molar-refractivity contribution is 7.10. The Morgan fingerprint density at radius 3 is 2.43 bits per heavy atom. The van der Waals surface area contributed by atoms with E-state index in [-0.39, 0.29) is 0 Å². The summed E-state index contributed by atoms with van der Waals surface area (Å²) in [6.45, 7) is 0.827. The van der Waals surface area contributed by atoms with Crippen LogP contribution in [0.2, 0.25) is 0 Å². The van der Waals surface area contributed by atoms with E-state index in [2.05, 4.69) is 17.5 Å². The average molecular weight is 209 g/mol. The quantitative estimate of drug-likeness (QED) is 0.743. The van der Waals surface area contributed by atoms with Gasteiger partial charge in [0.1, 0.15) is 0 Å².